The lowest BCUT2D eigenvalue weighted by molar-refractivity contribution is 0.257. The molecule has 0 spiro atoms. The van der Waals surface area contributed by atoms with E-state index >= 15 is 0 Å². The molecule has 1 nitrogen and oxygen atoms in total. The Kier molecular flexibility index (Phi) is 1.80. The van der Waals surface area contributed by atoms with Gasteiger partial charge >= 0.3 is 0 Å². The van der Waals surface area contributed by atoms with Crippen LogP contribution in [-0.2, 0) is 0 Å². The van der Waals surface area contributed by atoms with E-state index in [1.54, 1.807) is 0 Å². The molecule has 0 heterocycles. The summed E-state index contributed by atoms with van der Waals surface area (Å²) in [5.41, 5.74) is 2.02. The minimum absolute atomic E-state index is 0.325. The minimum atomic E-state index is 0.325. The molecule has 2 unspecified atom stereocenters. The summed E-state index contributed by atoms with van der Waals surface area (Å²) in [4.78, 5) is 0. The van der Waals surface area contributed by atoms with Gasteiger partial charge < -0.3 is 5.11 Å². The highest BCUT2D eigenvalue weighted by molar-refractivity contribution is 5.25. The van der Waals surface area contributed by atoms with Gasteiger partial charge in [-0.1, -0.05) is 25.5 Å². The number of aliphatic hydroxyl groups is 1. The predicted octanol–water partition coefficient (Wildman–Crippen LogP) is 2.36. The Morgan fingerprint density at radius 2 is 2.25 bits per heavy atom. The van der Waals surface area contributed by atoms with Crippen molar-refractivity contribution < 1.29 is 5.11 Å². The van der Waals surface area contributed by atoms with Gasteiger partial charge in [-0.25, -0.2) is 0 Å². The number of aliphatic hydroxyl groups excluding tert-OH is 1. The summed E-state index contributed by atoms with van der Waals surface area (Å²) in [5.74, 6) is 1.57. The van der Waals surface area contributed by atoms with Crippen LogP contribution in [-0.4, -0.2) is 11.7 Å². The van der Waals surface area contributed by atoms with Crippen molar-refractivity contribution in [1.29, 1.82) is 0 Å². The van der Waals surface area contributed by atoms with Crippen LogP contribution in [0.2, 0.25) is 0 Å². The van der Waals surface area contributed by atoms with Crippen LogP contribution in [0.3, 0.4) is 0 Å². The highest BCUT2D eigenvalue weighted by Crippen LogP contribution is 2.57. The first-order valence-corrected chi connectivity index (χ1v) is 4.97. The first-order chi connectivity index (χ1) is 5.66. The number of allylic oxidation sites excluding steroid dienone is 1. The third kappa shape index (κ3) is 0.957. The van der Waals surface area contributed by atoms with Crippen molar-refractivity contribution in [1.82, 2.24) is 0 Å². The quantitative estimate of drug-likeness (QED) is 0.624. The molecular formula is C11H18O. The highest BCUT2D eigenvalue weighted by Gasteiger charge is 2.47. The summed E-state index contributed by atoms with van der Waals surface area (Å²) in [7, 11) is 0. The normalized spacial score (nSPS) is 37.1. The zero-order valence-corrected chi connectivity index (χ0v) is 8.01. The molecule has 0 aromatic carbocycles. The van der Waals surface area contributed by atoms with E-state index in [1.165, 1.54) is 18.4 Å². The lowest BCUT2D eigenvalue weighted by Gasteiger charge is -2.25. The van der Waals surface area contributed by atoms with E-state index in [0.717, 1.165) is 18.3 Å². The second-order valence-corrected chi connectivity index (χ2v) is 4.77. The number of rotatable bonds is 2. The second kappa shape index (κ2) is 2.59. The van der Waals surface area contributed by atoms with Crippen LogP contribution in [0.1, 0.15) is 33.1 Å². The largest absolute Gasteiger partial charge is 0.396 e. The molecule has 12 heavy (non-hydrogen) atoms. The third-order valence-electron chi connectivity index (χ3n) is 3.88. The highest BCUT2D eigenvalue weighted by atomic mass is 16.2. The van der Waals surface area contributed by atoms with Crippen LogP contribution in [0.15, 0.2) is 11.6 Å². The lowest BCUT2D eigenvalue weighted by Crippen LogP contribution is -2.19. The monoisotopic (exact) mass is 166 g/mol. The molecule has 0 aromatic heterocycles. The Morgan fingerprint density at radius 1 is 1.50 bits per heavy atom. The third-order valence-corrected chi connectivity index (χ3v) is 3.88. The van der Waals surface area contributed by atoms with Gasteiger partial charge in [0.25, 0.3) is 0 Å². The first kappa shape index (κ1) is 8.31. The Bertz CT molecular complexity index is 215. The van der Waals surface area contributed by atoms with Crippen molar-refractivity contribution in [3.63, 3.8) is 0 Å². The Morgan fingerprint density at radius 3 is 2.67 bits per heavy atom. The molecule has 68 valence electrons. The average molecular weight is 166 g/mol. The molecule has 0 amide bonds. The topological polar surface area (TPSA) is 20.2 Å². The molecule has 2 aliphatic carbocycles. The molecule has 0 aromatic rings. The summed E-state index contributed by atoms with van der Waals surface area (Å²) in [6.07, 6.45) is 6.05. The molecule has 1 saturated carbocycles. The van der Waals surface area contributed by atoms with E-state index in [0.29, 0.717) is 12.0 Å². The van der Waals surface area contributed by atoms with E-state index in [1.807, 2.05) is 0 Å². The Labute approximate surface area is 74.5 Å². The van der Waals surface area contributed by atoms with Crippen LogP contribution in [0.25, 0.3) is 0 Å². The standard InChI is InChI=1S/C11H18O/c1-11(2)9-3-4-10(11)8(7-9)5-6-12/h7,9-10,12H,3-6H2,1-2H3. The summed E-state index contributed by atoms with van der Waals surface area (Å²) in [6, 6.07) is 0. The van der Waals surface area contributed by atoms with E-state index in [9.17, 15) is 0 Å². The molecule has 1 heteroatoms. The maximum Gasteiger partial charge on any atom is 0.0468 e. The fraction of sp³-hybridized carbons (Fsp3) is 0.818. The Balaban J connectivity index is 2.18. The summed E-state index contributed by atoms with van der Waals surface area (Å²) >= 11 is 0. The zero-order chi connectivity index (χ0) is 8.77. The second-order valence-electron chi connectivity index (χ2n) is 4.77. The molecule has 2 aliphatic rings. The van der Waals surface area contributed by atoms with Gasteiger partial charge in [0.15, 0.2) is 0 Å². The van der Waals surface area contributed by atoms with Crippen molar-refractivity contribution in [2.45, 2.75) is 33.1 Å². The van der Waals surface area contributed by atoms with Crippen LogP contribution in [0.4, 0.5) is 0 Å². The molecular weight excluding hydrogens is 148 g/mol. The Hall–Kier alpha value is -0.300. The van der Waals surface area contributed by atoms with Gasteiger partial charge in [0, 0.05) is 6.61 Å². The first-order valence-electron chi connectivity index (χ1n) is 4.97. The van der Waals surface area contributed by atoms with Crippen molar-refractivity contribution in [3.05, 3.63) is 11.6 Å². The summed E-state index contributed by atoms with van der Waals surface area (Å²) in [5, 5.41) is 8.88. The molecule has 2 bridgehead atoms. The van der Waals surface area contributed by atoms with Crippen LogP contribution in [0.5, 0.6) is 0 Å². The van der Waals surface area contributed by atoms with Gasteiger partial charge in [-0.2, -0.15) is 0 Å². The van der Waals surface area contributed by atoms with E-state index in [2.05, 4.69) is 19.9 Å². The van der Waals surface area contributed by atoms with Crippen molar-refractivity contribution in [2.24, 2.45) is 17.3 Å². The van der Waals surface area contributed by atoms with E-state index < -0.39 is 0 Å². The molecule has 2 rings (SSSR count). The fourth-order valence-corrected chi connectivity index (χ4v) is 3.07. The molecule has 0 aliphatic heterocycles. The fourth-order valence-electron chi connectivity index (χ4n) is 3.07. The van der Waals surface area contributed by atoms with Gasteiger partial charge in [0.05, 0.1) is 0 Å². The predicted molar refractivity (Wildman–Crippen MR) is 49.8 cm³/mol. The van der Waals surface area contributed by atoms with Gasteiger partial charge in [-0.3, -0.25) is 0 Å². The minimum Gasteiger partial charge on any atom is -0.396 e. The van der Waals surface area contributed by atoms with E-state index in [4.69, 9.17) is 5.11 Å². The SMILES string of the molecule is CC1(C)C2C=C(CCO)C1CC2. The smallest absolute Gasteiger partial charge is 0.0468 e. The lowest BCUT2D eigenvalue weighted by atomic mass is 9.79. The van der Waals surface area contributed by atoms with Gasteiger partial charge in [-0.05, 0) is 36.5 Å². The summed E-state index contributed by atoms with van der Waals surface area (Å²) in [6.45, 7) is 5.07. The van der Waals surface area contributed by atoms with Crippen molar-refractivity contribution in [3.8, 4) is 0 Å². The average Bonchev–Trinajstić information content (AvgIpc) is 2.41. The molecule has 2 atom stereocenters. The van der Waals surface area contributed by atoms with Crippen LogP contribution < -0.4 is 0 Å². The maximum atomic E-state index is 8.88. The number of hydrogen-bond acceptors (Lipinski definition) is 1. The van der Waals surface area contributed by atoms with Crippen molar-refractivity contribution >= 4 is 0 Å². The number of hydrogen-bond donors (Lipinski definition) is 1. The maximum absolute atomic E-state index is 8.88. The van der Waals surface area contributed by atoms with Crippen LogP contribution >= 0.6 is 0 Å². The molecule has 1 N–H and O–H groups in total. The number of fused-ring (bicyclic) bond motifs is 2. The molecule has 0 radical (unpaired) electrons. The van der Waals surface area contributed by atoms with Crippen molar-refractivity contribution in [2.75, 3.05) is 6.61 Å². The molecule has 1 fully saturated rings. The van der Waals surface area contributed by atoms with Gasteiger partial charge in [0.2, 0.25) is 0 Å². The van der Waals surface area contributed by atoms with Crippen LogP contribution in [0, 0.1) is 17.3 Å². The van der Waals surface area contributed by atoms with Gasteiger partial charge in [-0.15, -0.1) is 0 Å². The molecule has 0 saturated heterocycles. The summed E-state index contributed by atoms with van der Waals surface area (Å²) < 4.78 is 0. The zero-order valence-electron chi connectivity index (χ0n) is 8.01. The van der Waals surface area contributed by atoms with E-state index in [-0.39, 0.29) is 0 Å². The van der Waals surface area contributed by atoms with Gasteiger partial charge in [0.1, 0.15) is 0 Å².